The molecule has 350 valence electrons. The van der Waals surface area contributed by atoms with Crippen molar-refractivity contribution in [1.82, 2.24) is 0 Å². The number of nitrogens with two attached hydrogens (primary N) is 1. The van der Waals surface area contributed by atoms with Crippen molar-refractivity contribution in [3.63, 3.8) is 0 Å². The zero-order chi connectivity index (χ0) is 45.7. The van der Waals surface area contributed by atoms with E-state index in [1.54, 1.807) is 25.3 Å². The highest BCUT2D eigenvalue weighted by Gasteiger charge is 2.36. The molecule has 1 fully saturated rings. The summed E-state index contributed by atoms with van der Waals surface area (Å²) in [6, 6.07) is 0. The van der Waals surface area contributed by atoms with Gasteiger partial charge < -0.3 is 70.7 Å². The van der Waals surface area contributed by atoms with Gasteiger partial charge in [0.25, 0.3) is 0 Å². The maximum Gasteiger partial charge on any atom is 0.220 e. The Bertz CT molecular complexity index is 1360. The number of carbonyl (C=O) groups excluding carboxylic acids is 2. The first kappa shape index (κ1) is 56.1. The van der Waals surface area contributed by atoms with Crippen molar-refractivity contribution < 1.29 is 69.8 Å². The zero-order valence-corrected chi connectivity index (χ0v) is 36.4. The van der Waals surface area contributed by atoms with Crippen LogP contribution in [-0.2, 0) is 23.8 Å². The van der Waals surface area contributed by atoms with Crippen molar-refractivity contribution in [3.05, 3.63) is 72.9 Å². The second-order valence-corrected chi connectivity index (χ2v) is 16.8. The Kier molecular flexibility index (Phi) is 29.3. The largest absolute Gasteiger partial charge is 0.393 e. The van der Waals surface area contributed by atoms with Crippen LogP contribution in [0.4, 0.5) is 0 Å². The van der Waals surface area contributed by atoms with E-state index in [0.29, 0.717) is 32.3 Å². The molecule has 15 heteroatoms. The SMILES string of the molecule is COCC(C)(C)C(C/C=C/C=C/CC/C=C/C=C/C=C/C=C/C(O)CCC(CCC(O)(O)CC(O)C(O)CCC(O)CC(O)CC(O)CC=O)C(N)=O)OC1OCCCC1O. The van der Waals surface area contributed by atoms with Crippen LogP contribution in [0.1, 0.15) is 110 Å². The van der Waals surface area contributed by atoms with Gasteiger partial charge >= 0.3 is 0 Å². The smallest absolute Gasteiger partial charge is 0.220 e. The molecule has 1 heterocycles. The normalized spacial score (nSPS) is 21.2. The highest BCUT2D eigenvalue weighted by Crippen LogP contribution is 2.30. The van der Waals surface area contributed by atoms with Crippen LogP contribution < -0.4 is 5.73 Å². The van der Waals surface area contributed by atoms with Gasteiger partial charge in [-0.2, -0.15) is 0 Å². The molecule has 0 aromatic rings. The van der Waals surface area contributed by atoms with E-state index < -0.39 is 73.1 Å². The van der Waals surface area contributed by atoms with E-state index in [1.807, 2.05) is 36.5 Å². The molecule has 1 amide bonds. The number of carbonyl (C=O) groups is 2. The fourth-order valence-corrected chi connectivity index (χ4v) is 6.81. The number of hydrogen-bond acceptors (Lipinski definition) is 14. The van der Waals surface area contributed by atoms with Gasteiger partial charge in [0, 0.05) is 44.3 Å². The number of aliphatic hydroxyl groups excluding tert-OH is 7. The lowest BCUT2D eigenvalue weighted by molar-refractivity contribution is -0.251. The number of ether oxygens (including phenoxy) is 3. The van der Waals surface area contributed by atoms with E-state index in [-0.39, 0.29) is 69.3 Å². The van der Waals surface area contributed by atoms with Crippen molar-refractivity contribution in [3.8, 4) is 0 Å². The average Bonchev–Trinajstić information content (AvgIpc) is 3.18. The third-order valence-corrected chi connectivity index (χ3v) is 10.5. The lowest BCUT2D eigenvalue weighted by Crippen LogP contribution is -2.44. The van der Waals surface area contributed by atoms with Gasteiger partial charge in [-0.3, -0.25) is 4.79 Å². The fourth-order valence-electron chi connectivity index (χ4n) is 6.81. The fraction of sp³-hybridized carbons (Fsp3) is 0.696. The van der Waals surface area contributed by atoms with Crippen LogP contribution in [0.15, 0.2) is 72.9 Å². The van der Waals surface area contributed by atoms with Crippen LogP contribution in [0.2, 0.25) is 0 Å². The summed E-state index contributed by atoms with van der Waals surface area (Å²) in [5, 5.41) is 91.9. The number of aldehydes is 1. The molecule has 11 N–H and O–H groups in total. The Morgan fingerprint density at radius 2 is 1.41 bits per heavy atom. The Balaban J connectivity index is 2.38. The molecule has 61 heavy (non-hydrogen) atoms. The van der Waals surface area contributed by atoms with E-state index in [2.05, 4.69) is 32.1 Å². The standard InChI is InChI=1S/C46H77NO14/c1-45(2,33-59-3)42(61-44-40(54)19-17-29-60-44)20-16-14-12-10-8-6-4-5-7-9-11-13-15-18-35(49)22-21-34(43(47)56)25-27-46(57,58)32-41(55)39(53)24-23-36(50)30-38(52)31-37(51)26-28-48/h4-5,7,9-16,18,28,34-42,44,49-55,57-58H,6,8,17,19-27,29-33H2,1-3H3,(H2,47,56)/b5-4+,9-7+,12-10+,13-11+,16-14+,18-15+. The minimum atomic E-state index is -2.43. The average molecular weight is 868 g/mol. The Morgan fingerprint density at radius 1 is 0.787 bits per heavy atom. The monoisotopic (exact) mass is 868 g/mol. The Hall–Kier alpha value is -2.90. The predicted molar refractivity (Wildman–Crippen MR) is 232 cm³/mol. The maximum atomic E-state index is 12.1. The summed E-state index contributed by atoms with van der Waals surface area (Å²) in [6.45, 7) is 5.26. The van der Waals surface area contributed by atoms with Crippen LogP contribution in [0.3, 0.4) is 0 Å². The number of methoxy groups -OCH3 is 1. The summed E-state index contributed by atoms with van der Waals surface area (Å²) in [7, 11) is 1.67. The van der Waals surface area contributed by atoms with E-state index in [9.17, 15) is 55.5 Å². The molecule has 1 aliphatic rings. The quantitative estimate of drug-likeness (QED) is 0.0193. The Labute approximate surface area is 362 Å². The lowest BCUT2D eigenvalue weighted by Gasteiger charge is -2.38. The summed E-state index contributed by atoms with van der Waals surface area (Å²) in [4.78, 5) is 22.5. The van der Waals surface area contributed by atoms with E-state index in [1.165, 1.54) is 0 Å². The van der Waals surface area contributed by atoms with Crippen LogP contribution in [0.25, 0.3) is 0 Å². The maximum absolute atomic E-state index is 12.1. The molecule has 1 rings (SSSR count). The van der Waals surface area contributed by atoms with Crippen molar-refractivity contribution in [2.75, 3.05) is 20.3 Å². The molecule has 0 spiro atoms. The number of primary amides is 1. The third kappa shape index (κ3) is 27.0. The Morgan fingerprint density at radius 3 is 2.05 bits per heavy atom. The molecule has 10 atom stereocenters. The minimum absolute atomic E-state index is 0.0217. The number of unbranched alkanes of at least 4 members (excludes halogenated alkanes) is 1. The minimum Gasteiger partial charge on any atom is -0.393 e. The second-order valence-electron chi connectivity index (χ2n) is 16.8. The number of hydrogen-bond donors (Lipinski definition) is 10. The topological polar surface area (TPSA) is 270 Å². The summed E-state index contributed by atoms with van der Waals surface area (Å²) in [5.74, 6) is -3.88. The molecule has 0 radical (unpaired) electrons. The molecule has 15 nitrogen and oxygen atoms in total. The van der Waals surface area contributed by atoms with Crippen LogP contribution >= 0.6 is 0 Å². The molecular formula is C46H77NO14. The summed E-state index contributed by atoms with van der Waals surface area (Å²) >= 11 is 0. The van der Waals surface area contributed by atoms with Gasteiger partial charge in [-0.15, -0.1) is 0 Å². The number of rotatable bonds is 34. The number of amides is 1. The zero-order valence-electron chi connectivity index (χ0n) is 36.4. The van der Waals surface area contributed by atoms with Gasteiger partial charge in [0.15, 0.2) is 12.1 Å². The van der Waals surface area contributed by atoms with Crippen molar-refractivity contribution in [1.29, 1.82) is 0 Å². The van der Waals surface area contributed by atoms with Gasteiger partial charge in [-0.05, 0) is 77.0 Å². The van der Waals surface area contributed by atoms with Crippen molar-refractivity contribution in [2.24, 2.45) is 17.1 Å². The molecule has 1 saturated heterocycles. The number of allylic oxidation sites excluding steroid dienone is 10. The van der Waals surface area contributed by atoms with Crippen molar-refractivity contribution in [2.45, 2.75) is 171 Å². The number of aliphatic hydroxyl groups is 9. The lowest BCUT2D eigenvalue weighted by atomic mass is 9.85. The molecule has 0 aliphatic carbocycles. The van der Waals surface area contributed by atoms with E-state index in [0.717, 1.165) is 19.3 Å². The second kappa shape index (κ2) is 31.9. The van der Waals surface area contributed by atoms with Crippen LogP contribution in [-0.4, -0.2) is 139 Å². The first-order chi connectivity index (χ1) is 28.9. The van der Waals surface area contributed by atoms with E-state index >= 15 is 0 Å². The van der Waals surface area contributed by atoms with Crippen LogP contribution in [0.5, 0.6) is 0 Å². The van der Waals surface area contributed by atoms with Crippen molar-refractivity contribution >= 4 is 12.2 Å². The highest BCUT2D eigenvalue weighted by atomic mass is 16.7. The van der Waals surface area contributed by atoms with Gasteiger partial charge in [-0.25, -0.2) is 0 Å². The molecule has 0 saturated carbocycles. The third-order valence-electron chi connectivity index (χ3n) is 10.5. The summed E-state index contributed by atoms with van der Waals surface area (Å²) in [5.41, 5.74) is 5.26. The molecule has 0 aromatic heterocycles. The molecule has 0 aromatic carbocycles. The molecular weight excluding hydrogens is 790 g/mol. The van der Waals surface area contributed by atoms with Gasteiger partial charge in [0.2, 0.25) is 5.91 Å². The van der Waals surface area contributed by atoms with Gasteiger partial charge in [0.05, 0.1) is 49.3 Å². The molecule has 10 unspecified atom stereocenters. The van der Waals surface area contributed by atoms with Gasteiger partial charge in [0.1, 0.15) is 12.4 Å². The first-order valence-electron chi connectivity index (χ1n) is 21.6. The van der Waals surface area contributed by atoms with E-state index in [4.69, 9.17) is 19.9 Å². The first-order valence-corrected chi connectivity index (χ1v) is 21.6. The summed E-state index contributed by atoms with van der Waals surface area (Å²) < 4.78 is 17.3. The highest BCUT2D eigenvalue weighted by molar-refractivity contribution is 5.76. The van der Waals surface area contributed by atoms with Crippen LogP contribution in [0, 0.1) is 11.3 Å². The predicted octanol–water partition coefficient (Wildman–Crippen LogP) is 3.10. The molecule has 1 aliphatic heterocycles. The summed E-state index contributed by atoms with van der Waals surface area (Å²) in [6.07, 6.45) is 17.5. The van der Waals surface area contributed by atoms with Gasteiger partial charge in [-0.1, -0.05) is 86.8 Å². The molecule has 0 bridgehead atoms.